The Morgan fingerprint density at radius 1 is 1.16 bits per heavy atom. The topological polar surface area (TPSA) is 66.0 Å². The Balaban J connectivity index is 1.55. The van der Waals surface area contributed by atoms with Crippen molar-refractivity contribution in [2.75, 3.05) is 0 Å². The van der Waals surface area contributed by atoms with Gasteiger partial charge in [-0.2, -0.15) is 0 Å². The van der Waals surface area contributed by atoms with Gasteiger partial charge in [0, 0.05) is 12.1 Å². The van der Waals surface area contributed by atoms with Gasteiger partial charge in [0.05, 0.1) is 5.52 Å². The summed E-state index contributed by atoms with van der Waals surface area (Å²) < 4.78 is 26.8. The van der Waals surface area contributed by atoms with E-state index in [0.717, 1.165) is 11.1 Å². The molecule has 7 heteroatoms. The predicted octanol–water partition coefficient (Wildman–Crippen LogP) is 3.82. The fraction of sp³-hybridized carbons (Fsp3) is 0.167. The maximum Gasteiger partial charge on any atom is 0.247 e. The van der Waals surface area contributed by atoms with Crippen LogP contribution in [0.5, 0.6) is 5.75 Å². The Morgan fingerprint density at radius 2 is 2.00 bits per heavy atom. The summed E-state index contributed by atoms with van der Waals surface area (Å²) in [5, 5.41) is 7.51. The van der Waals surface area contributed by atoms with Crippen molar-refractivity contribution in [2.24, 2.45) is 0 Å². The van der Waals surface area contributed by atoms with Crippen LogP contribution in [0.3, 0.4) is 0 Å². The van der Waals surface area contributed by atoms with Gasteiger partial charge in [0.1, 0.15) is 23.7 Å². The van der Waals surface area contributed by atoms with Crippen molar-refractivity contribution in [1.29, 1.82) is 0 Å². The molecule has 6 nitrogen and oxygen atoms in total. The zero-order valence-corrected chi connectivity index (χ0v) is 13.5. The average Bonchev–Trinajstić information content (AvgIpc) is 3.29. The van der Waals surface area contributed by atoms with Crippen LogP contribution < -0.4 is 4.74 Å². The minimum Gasteiger partial charge on any atom is -0.486 e. The molecule has 2 aromatic heterocycles. The zero-order valence-electron chi connectivity index (χ0n) is 13.5. The largest absolute Gasteiger partial charge is 0.486 e. The summed E-state index contributed by atoms with van der Waals surface area (Å²) in [6.45, 7) is 2.94. The predicted molar refractivity (Wildman–Crippen MR) is 89.4 cm³/mol. The lowest BCUT2D eigenvalue weighted by atomic mass is 10.2. The third-order valence-electron chi connectivity index (χ3n) is 3.95. The molecule has 0 amide bonds. The SMILES string of the molecule is CCn1c(COc2ccc(-c3nnco3)cc2)nc2c(F)cccc21. The summed E-state index contributed by atoms with van der Waals surface area (Å²) in [7, 11) is 0. The molecule has 0 aliphatic heterocycles. The molecule has 0 unspecified atom stereocenters. The molecule has 0 atom stereocenters. The molecule has 0 radical (unpaired) electrons. The first-order chi connectivity index (χ1) is 12.3. The summed E-state index contributed by atoms with van der Waals surface area (Å²) in [4.78, 5) is 4.39. The molecule has 2 aromatic carbocycles. The van der Waals surface area contributed by atoms with Gasteiger partial charge in [-0.3, -0.25) is 0 Å². The van der Waals surface area contributed by atoms with E-state index in [1.807, 2.05) is 41.8 Å². The quantitative estimate of drug-likeness (QED) is 0.553. The van der Waals surface area contributed by atoms with Crippen LogP contribution in [-0.4, -0.2) is 19.7 Å². The van der Waals surface area contributed by atoms with Crippen LogP contribution in [0.25, 0.3) is 22.5 Å². The Hall–Kier alpha value is -3.22. The van der Waals surface area contributed by atoms with Gasteiger partial charge in [-0.25, -0.2) is 9.37 Å². The Bertz CT molecular complexity index is 994. The number of hydrogen-bond donors (Lipinski definition) is 0. The Morgan fingerprint density at radius 3 is 2.72 bits per heavy atom. The van der Waals surface area contributed by atoms with Crippen LogP contribution >= 0.6 is 0 Å². The van der Waals surface area contributed by atoms with Gasteiger partial charge in [0.25, 0.3) is 0 Å². The van der Waals surface area contributed by atoms with E-state index in [-0.39, 0.29) is 12.4 Å². The maximum atomic E-state index is 13.9. The second-order valence-electron chi connectivity index (χ2n) is 5.44. The molecule has 0 aliphatic carbocycles. The molecule has 0 saturated heterocycles. The third kappa shape index (κ3) is 2.84. The number of rotatable bonds is 5. The molecule has 0 aliphatic rings. The summed E-state index contributed by atoms with van der Waals surface area (Å²) in [6.07, 6.45) is 1.29. The second kappa shape index (κ2) is 6.35. The average molecular weight is 338 g/mol. The number of ether oxygens (including phenoxy) is 1. The lowest BCUT2D eigenvalue weighted by Gasteiger charge is -2.08. The normalized spacial score (nSPS) is 11.1. The molecule has 126 valence electrons. The monoisotopic (exact) mass is 338 g/mol. The summed E-state index contributed by atoms with van der Waals surface area (Å²) >= 11 is 0. The van der Waals surface area contributed by atoms with E-state index in [4.69, 9.17) is 9.15 Å². The van der Waals surface area contributed by atoms with Gasteiger partial charge in [-0.1, -0.05) is 6.07 Å². The molecular formula is C18H15FN4O2. The summed E-state index contributed by atoms with van der Waals surface area (Å²) in [6, 6.07) is 12.3. The summed E-state index contributed by atoms with van der Waals surface area (Å²) in [5.41, 5.74) is 1.95. The number of nitrogens with zero attached hydrogens (tertiary/aromatic N) is 4. The molecular weight excluding hydrogens is 323 g/mol. The van der Waals surface area contributed by atoms with Crippen LogP contribution in [-0.2, 0) is 13.2 Å². The highest BCUT2D eigenvalue weighted by Gasteiger charge is 2.13. The smallest absolute Gasteiger partial charge is 0.247 e. The minimum atomic E-state index is -0.324. The van der Waals surface area contributed by atoms with Gasteiger partial charge in [-0.15, -0.1) is 10.2 Å². The number of para-hydroxylation sites is 1. The van der Waals surface area contributed by atoms with E-state index in [2.05, 4.69) is 15.2 Å². The van der Waals surface area contributed by atoms with Crippen LogP contribution in [0.4, 0.5) is 4.39 Å². The van der Waals surface area contributed by atoms with Crippen molar-refractivity contribution >= 4 is 11.0 Å². The van der Waals surface area contributed by atoms with E-state index in [9.17, 15) is 4.39 Å². The van der Waals surface area contributed by atoms with Crippen molar-refractivity contribution in [3.63, 3.8) is 0 Å². The first kappa shape index (κ1) is 15.3. The fourth-order valence-electron chi connectivity index (χ4n) is 2.76. The van der Waals surface area contributed by atoms with Crippen molar-refractivity contribution < 1.29 is 13.5 Å². The third-order valence-corrected chi connectivity index (χ3v) is 3.95. The Labute approximate surface area is 142 Å². The number of aromatic nitrogens is 4. The lowest BCUT2D eigenvalue weighted by molar-refractivity contribution is 0.291. The van der Waals surface area contributed by atoms with Gasteiger partial charge in [-0.05, 0) is 43.3 Å². The standard InChI is InChI=1S/C18H15FN4O2/c1-2-23-15-5-3-4-14(19)17(15)21-16(23)10-24-13-8-6-12(7-9-13)18-22-20-11-25-18/h3-9,11H,2,10H2,1H3. The lowest BCUT2D eigenvalue weighted by Crippen LogP contribution is -2.05. The van der Waals surface area contributed by atoms with E-state index in [1.54, 1.807) is 6.07 Å². The molecule has 4 aromatic rings. The molecule has 2 heterocycles. The number of hydrogen-bond acceptors (Lipinski definition) is 5. The van der Waals surface area contributed by atoms with Gasteiger partial charge in [0.15, 0.2) is 5.82 Å². The number of benzene rings is 2. The number of halogens is 1. The van der Waals surface area contributed by atoms with E-state index < -0.39 is 0 Å². The van der Waals surface area contributed by atoms with Crippen molar-refractivity contribution in [3.05, 3.63) is 60.5 Å². The van der Waals surface area contributed by atoms with Crippen LogP contribution in [0, 0.1) is 5.82 Å². The molecule has 0 N–H and O–H groups in total. The van der Waals surface area contributed by atoms with Crippen LogP contribution in [0.1, 0.15) is 12.7 Å². The van der Waals surface area contributed by atoms with Gasteiger partial charge >= 0.3 is 0 Å². The van der Waals surface area contributed by atoms with Gasteiger partial charge < -0.3 is 13.7 Å². The highest BCUT2D eigenvalue weighted by Crippen LogP contribution is 2.23. The summed E-state index contributed by atoms with van der Waals surface area (Å²) in [5.74, 6) is 1.49. The zero-order chi connectivity index (χ0) is 17.2. The number of fused-ring (bicyclic) bond motifs is 1. The van der Waals surface area contributed by atoms with Crippen molar-refractivity contribution in [1.82, 2.24) is 19.7 Å². The van der Waals surface area contributed by atoms with Crippen LogP contribution in [0.15, 0.2) is 53.3 Å². The first-order valence-electron chi connectivity index (χ1n) is 7.89. The fourth-order valence-corrected chi connectivity index (χ4v) is 2.76. The Kier molecular flexibility index (Phi) is 3.89. The highest BCUT2D eigenvalue weighted by atomic mass is 19.1. The molecule has 4 rings (SSSR count). The molecule has 0 bridgehead atoms. The van der Waals surface area contributed by atoms with Crippen LogP contribution in [0.2, 0.25) is 0 Å². The van der Waals surface area contributed by atoms with E-state index in [1.165, 1.54) is 12.5 Å². The van der Waals surface area contributed by atoms with E-state index >= 15 is 0 Å². The molecule has 25 heavy (non-hydrogen) atoms. The van der Waals surface area contributed by atoms with Crippen molar-refractivity contribution in [3.8, 4) is 17.2 Å². The maximum absolute atomic E-state index is 13.9. The van der Waals surface area contributed by atoms with E-state index in [0.29, 0.717) is 29.5 Å². The number of aryl methyl sites for hydroxylation is 1. The highest BCUT2D eigenvalue weighted by molar-refractivity contribution is 5.76. The minimum absolute atomic E-state index is 0.252. The molecule has 0 spiro atoms. The van der Waals surface area contributed by atoms with Gasteiger partial charge in [0.2, 0.25) is 12.3 Å². The molecule has 0 fully saturated rings. The first-order valence-corrected chi connectivity index (χ1v) is 7.89. The molecule has 0 saturated carbocycles. The van der Waals surface area contributed by atoms with Crippen molar-refractivity contribution in [2.45, 2.75) is 20.1 Å². The number of imidazole rings is 1. The second-order valence-corrected chi connectivity index (χ2v) is 5.44.